The highest BCUT2D eigenvalue weighted by atomic mass is 15.3. The summed E-state index contributed by atoms with van der Waals surface area (Å²) in [6, 6.07) is 0.764. The van der Waals surface area contributed by atoms with Crippen molar-refractivity contribution in [3.05, 3.63) is 0 Å². The lowest BCUT2D eigenvalue weighted by Crippen LogP contribution is -2.64. The molecule has 1 heterocycles. The van der Waals surface area contributed by atoms with Crippen LogP contribution in [-0.4, -0.2) is 36.1 Å². The van der Waals surface area contributed by atoms with Crippen molar-refractivity contribution in [1.29, 1.82) is 0 Å². The number of hydrogen-bond donors (Lipinski definition) is 1. The van der Waals surface area contributed by atoms with Crippen LogP contribution in [0.4, 0.5) is 0 Å². The Morgan fingerprint density at radius 1 is 1.35 bits per heavy atom. The second kappa shape index (κ2) is 5.27. The molecule has 0 aromatic rings. The van der Waals surface area contributed by atoms with E-state index in [0.717, 1.165) is 17.9 Å². The summed E-state index contributed by atoms with van der Waals surface area (Å²) >= 11 is 0. The summed E-state index contributed by atoms with van der Waals surface area (Å²) in [6.45, 7) is 13.2. The van der Waals surface area contributed by atoms with Gasteiger partial charge in [0.2, 0.25) is 0 Å². The minimum atomic E-state index is 0.346. The summed E-state index contributed by atoms with van der Waals surface area (Å²) in [7, 11) is 0. The van der Waals surface area contributed by atoms with Gasteiger partial charge in [-0.2, -0.15) is 0 Å². The van der Waals surface area contributed by atoms with Gasteiger partial charge in [0, 0.05) is 31.2 Å². The van der Waals surface area contributed by atoms with Crippen molar-refractivity contribution in [1.82, 2.24) is 10.2 Å². The summed E-state index contributed by atoms with van der Waals surface area (Å²) in [4.78, 5) is 2.80. The maximum absolute atomic E-state index is 3.79. The maximum atomic E-state index is 3.79. The summed E-state index contributed by atoms with van der Waals surface area (Å²) in [6.07, 6.45) is 5.48. The fourth-order valence-electron chi connectivity index (χ4n) is 3.00. The Morgan fingerprint density at radius 2 is 2.06 bits per heavy atom. The summed E-state index contributed by atoms with van der Waals surface area (Å²) in [5.41, 5.74) is 0.346. The minimum Gasteiger partial charge on any atom is -0.309 e. The fourth-order valence-corrected chi connectivity index (χ4v) is 3.00. The van der Waals surface area contributed by atoms with Gasteiger partial charge in [0.05, 0.1) is 0 Å². The first-order valence-corrected chi connectivity index (χ1v) is 7.57. The molecule has 0 bridgehead atoms. The van der Waals surface area contributed by atoms with Crippen LogP contribution < -0.4 is 5.32 Å². The SMILES string of the molecule is CCC(C)C1CNC(C)(CC)CN1CC1CC1. The molecule has 0 radical (unpaired) electrons. The van der Waals surface area contributed by atoms with E-state index in [0.29, 0.717) is 5.54 Å². The third-order valence-corrected chi connectivity index (χ3v) is 5.03. The van der Waals surface area contributed by atoms with Crippen molar-refractivity contribution >= 4 is 0 Å². The number of piperazine rings is 1. The van der Waals surface area contributed by atoms with Gasteiger partial charge in [-0.25, -0.2) is 0 Å². The number of hydrogen-bond acceptors (Lipinski definition) is 2. The highest BCUT2D eigenvalue weighted by Crippen LogP contribution is 2.33. The lowest BCUT2D eigenvalue weighted by molar-refractivity contribution is 0.0513. The van der Waals surface area contributed by atoms with Gasteiger partial charge in [0.1, 0.15) is 0 Å². The minimum absolute atomic E-state index is 0.346. The lowest BCUT2D eigenvalue weighted by Gasteiger charge is -2.48. The van der Waals surface area contributed by atoms with E-state index >= 15 is 0 Å². The molecule has 1 saturated carbocycles. The largest absolute Gasteiger partial charge is 0.309 e. The van der Waals surface area contributed by atoms with Crippen LogP contribution >= 0.6 is 0 Å². The first-order chi connectivity index (χ1) is 8.08. The Labute approximate surface area is 107 Å². The van der Waals surface area contributed by atoms with Crippen molar-refractivity contribution < 1.29 is 0 Å². The normalized spacial score (nSPS) is 37.1. The van der Waals surface area contributed by atoms with Crippen LogP contribution in [0.2, 0.25) is 0 Å². The van der Waals surface area contributed by atoms with E-state index in [1.54, 1.807) is 0 Å². The van der Waals surface area contributed by atoms with Crippen LogP contribution in [0.1, 0.15) is 53.4 Å². The zero-order valence-electron chi connectivity index (χ0n) is 12.1. The van der Waals surface area contributed by atoms with Crippen LogP contribution in [-0.2, 0) is 0 Å². The van der Waals surface area contributed by atoms with Crippen LogP contribution in [0.5, 0.6) is 0 Å². The van der Waals surface area contributed by atoms with Crippen LogP contribution in [0.15, 0.2) is 0 Å². The Morgan fingerprint density at radius 3 is 2.59 bits per heavy atom. The average molecular weight is 238 g/mol. The molecular formula is C15H30N2. The third-order valence-electron chi connectivity index (χ3n) is 5.03. The van der Waals surface area contributed by atoms with E-state index < -0.39 is 0 Å². The Balaban J connectivity index is 2.00. The summed E-state index contributed by atoms with van der Waals surface area (Å²) in [5, 5.41) is 3.79. The highest BCUT2D eigenvalue weighted by Gasteiger charge is 2.38. The van der Waals surface area contributed by atoms with E-state index in [-0.39, 0.29) is 0 Å². The van der Waals surface area contributed by atoms with E-state index in [1.165, 1.54) is 45.3 Å². The molecule has 0 amide bonds. The first-order valence-electron chi connectivity index (χ1n) is 7.57. The Kier molecular flexibility index (Phi) is 4.14. The molecule has 3 unspecified atom stereocenters. The predicted octanol–water partition coefficient (Wildman–Crippen LogP) is 2.89. The topological polar surface area (TPSA) is 15.3 Å². The molecule has 0 aromatic heterocycles. The second-order valence-corrected chi connectivity index (χ2v) is 6.62. The van der Waals surface area contributed by atoms with Gasteiger partial charge in [0.25, 0.3) is 0 Å². The number of nitrogens with one attached hydrogen (secondary N) is 1. The standard InChI is InChI=1S/C15H30N2/c1-5-12(3)14-9-16-15(4,6-2)11-17(14)10-13-7-8-13/h12-14,16H,5-11H2,1-4H3. The molecule has 100 valence electrons. The molecule has 2 rings (SSSR count). The zero-order chi connectivity index (χ0) is 12.5. The van der Waals surface area contributed by atoms with Crippen molar-refractivity contribution in [2.24, 2.45) is 11.8 Å². The smallest absolute Gasteiger partial charge is 0.0278 e. The maximum Gasteiger partial charge on any atom is 0.0278 e. The third kappa shape index (κ3) is 3.23. The number of nitrogens with zero attached hydrogens (tertiary/aromatic N) is 1. The monoisotopic (exact) mass is 238 g/mol. The van der Waals surface area contributed by atoms with Gasteiger partial charge in [-0.1, -0.05) is 27.2 Å². The van der Waals surface area contributed by atoms with Gasteiger partial charge in [0.15, 0.2) is 0 Å². The molecule has 1 N–H and O–H groups in total. The number of rotatable bonds is 5. The van der Waals surface area contributed by atoms with Gasteiger partial charge in [-0.15, -0.1) is 0 Å². The highest BCUT2D eigenvalue weighted by molar-refractivity contribution is 4.97. The molecule has 17 heavy (non-hydrogen) atoms. The van der Waals surface area contributed by atoms with Crippen molar-refractivity contribution in [3.63, 3.8) is 0 Å². The fraction of sp³-hybridized carbons (Fsp3) is 1.00. The molecule has 0 spiro atoms. The molecule has 3 atom stereocenters. The molecular weight excluding hydrogens is 208 g/mol. The molecule has 0 aromatic carbocycles. The van der Waals surface area contributed by atoms with Crippen molar-refractivity contribution in [2.75, 3.05) is 19.6 Å². The molecule has 2 aliphatic rings. The van der Waals surface area contributed by atoms with Crippen molar-refractivity contribution in [2.45, 2.75) is 65.0 Å². The predicted molar refractivity (Wildman–Crippen MR) is 74.2 cm³/mol. The van der Waals surface area contributed by atoms with E-state index in [4.69, 9.17) is 0 Å². The zero-order valence-corrected chi connectivity index (χ0v) is 12.1. The van der Waals surface area contributed by atoms with E-state index in [1.807, 2.05) is 0 Å². The Bertz CT molecular complexity index is 249. The quantitative estimate of drug-likeness (QED) is 0.792. The molecule has 1 saturated heterocycles. The average Bonchev–Trinajstić information content (AvgIpc) is 3.12. The van der Waals surface area contributed by atoms with Crippen LogP contribution in [0.25, 0.3) is 0 Å². The Hall–Kier alpha value is -0.0800. The van der Waals surface area contributed by atoms with Crippen LogP contribution in [0.3, 0.4) is 0 Å². The van der Waals surface area contributed by atoms with E-state index in [9.17, 15) is 0 Å². The van der Waals surface area contributed by atoms with Gasteiger partial charge in [-0.3, -0.25) is 4.90 Å². The first kappa shape index (κ1) is 13.4. The lowest BCUT2D eigenvalue weighted by atomic mass is 9.88. The van der Waals surface area contributed by atoms with Gasteiger partial charge < -0.3 is 5.32 Å². The van der Waals surface area contributed by atoms with Crippen molar-refractivity contribution in [3.8, 4) is 0 Å². The molecule has 1 aliphatic heterocycles. The summed E-state index contributed by atoms with van der Waals surface area (Å²) < 4.78 is 0. The molecule has 2 nitrogen and oxygen atoms in total. The van der Waals surface area contributed by atoms with E-state index in [2.05, 4.69) is 37.9 Å². The molecule has 2 fully saturated rings. The summed E-state index contributed by atoms with van der Waals surface area (Å²) in [5.74, 6) is 1.84. The molecule has 2 heteroatoms. The van der Waals surface area contributed by atoms with Crippen LogP contribution in [0, 0.1) is 11.8 Å². The second-order valence-electron chi connectivity index (χ2n) is 6.62. The molecule has 1 aliphatic carbocycles. The van der Waals surface area contributed by atoms with Gasteiger partial charge in [-0.05, 0) is 38.0 Å². The van der Waals surface area contributed by atoms with Gasteiger partial charge >= 0.3 is 0 Å².